The summed E-state index contributed by atoms with van der Waals surface area (Å²) in [5.41, 5.74) is 0.874. The van der Waals surface area contributed by atoms with E-state index in [1.807, 2.05) is 6.92 Å². The number of benzene rings is 1. The summed E-state index contributed by atoms with van der Waals surface area (Å²) in [6.45, 7) is 2.14. The molecule has 1 aromatic carbocycles. The first-order valence-corrected chi connectivity index (χ1v) is 12.3. The first-order valence-electron chi connectivity index (χ1n) is 10.6. The second-order valence-electron chi connectivity index (χ2n) is 7.86. The molecule has 0 aromatic heterocycles. The van der Waals surface area contributed by atoms with Crippen LogP contribution in [0.5, 0.6) is 0 Å². The lowest BCUT2D eigenvalue weighted by atomic mass is 9.94. The molecule has 1 aliphatic heterocycles. The summed E-state index contributed by atoms with van der Waals surface area (Å²) >= 11 is 0. The van der Waals surface area contributed by atoms with Crippen LogP contribution in [0.2, 0.25) is 0 Å². The molecule has 0 saturated heterocycles. The van der Waals surface area contributed by atoms with Crippen molar-refractivity contribution < 1.29 is 22.8 Å². The van der Waals surface area contributed by atoms with Gasteiger partial charge in [-0.25, -0.2) is 13.1 Å². The number of carbonyl (C=O) groups excluding carboxylic acids is 3. The summed E-state index contributed by atoms with van der Waals surface area (Å²) < 4.78 is 26.0. The lowest BCUT2D eigenvalue weighted by Gasteiger charge is -2.29. The summed E-state index contributed by atoms with van der Waals surface area (Å²) in [6, 6.07) is 4.44. The first kappa shape index (κ1) is 22.4. The van der Waals surface area contributed by atoms with Crippen molar-refractivity contribution in [1.82, 2.24) is 14.9 Å². The number of rotatable bonds is 9. The van der Waals surface area contributed by atoms with E-state index in [9.17, 15) is 22.8 Å². The molecule has 1 heterocycles. The van der Waals surface area contributed by atoms with E-state index in [0.717, 1.165) is 38.5 Å². The molecule has 3 rings (SSSR count). The molecule has 8 nitrogen and oxygen atoms in total. The molecule has 30 heavy (non-hydrogen) atoms. The Morgan fingerprint density at radius 1 is 1.07 bits per heavy atom. The highest BCUT2D eigenvalue weighted by Crippen LogP contribution is 2.31. The number of carbonyl (C=O) groups is 3. The Morgan fingerprint density at radius 2 is 1.77 bits per heavy atom. The molecule has 0 radical (unpaired) electrons. The zero-order chi connectivity index (χ0) is 21.7. The number of amides is 3. The van der Waals surface area contributed by atoms with Gasteiger partial charge in [0.1, 0.15) is 0 Å². The molecule has 2 N–H and O–H groups in total. The van der Waals surface area contributed by atoms with Crippen LogP contribution in [0.3, 0.4) is 0 Å². The molecule has 1 fully saturated rings. The maximum atomic E-state index is 12.8. The fraction of sp³-hybridized carbons (Fsp3) is 0.571. The van der Waals surface area contributed by atoms with Crippen molar-refractivity contribution in [1.29, 1.82) is 0 Å². The van der Waals surface area contributed by atoms with Gasteiger partial charge in [-0.2, -0.15) is 0 Å². The van der Waals surface area contributed by atoms with Crippen LogP contribution in [0.15, 0.2) is 18.2 Å². The van der Waals surface area contributed by atoms with E-state index in [4.69, 9.17) is 0 Å². The first-order chi connectivity index (χ1) is 14.3. The minimum absolute atomic E-state index is 0.0654. The average molecular weight is 436 g/mol. The molecule has 3 amide bonds. The van der Waals surface area contributed by atoms with E-state index in [1.165, 1.54) is 23.1 Å². The fourth-order valence-electron chi connectivity index (χ4n) is 3.96. The smallest absolute Gasteiger partial charge is 0.261 e. The van der Waals surface area contributed by atoms with Gasteiger partial charge in [0.25, 0.3) is 17.7 Å². The van der Waals surface area contributed by atoms with Crippen molar-refractivity contribution in [3.63, 3.8) is 0 Å². The number of hydrogen-bond acceptors (Lipinski definition) is 5. The van der Waals surface area contributed by atoms with Gasteiger partial charge in [0.2, 0.25) is 10.0 Å². The second kappa shape index (κ2) is 9.70. The SMILES string of the molecule is CCCCS(=O)(=O)NCCNC(=O)c1ccc2c(c1)C(=O)N(C1CCCCC1)C2=O. The Bertz CT molecular complexity index is 923. The Labute approximate surface area is 177 Å². The maximum absolute atomic E-state index is 12.8. The Morgan fingerprint density at radius 3 is 2.47 bits per heavy atom. The Kier molecular flexibility index (Phi) is 7.25. The molecule has 1 saturated carbocycles. The molecule has 0 unspecified atom stereocenters. The van der Waals surface area contributed by atoms with E-state index < -0.39 is 15.9 Å². The third kappa shape index (κ3) is 5.07. The third-order valence-electron chi connectivity index (χ3n) is 5.62. The molecular weight excluding hydrogens is 406 g/mol. The van der Waals surface area contributed by atoms with Crippen LogP contribution in [0.25, 0.3) is 0 Å². The predicted octanol–water partition coefficient (Wildman–Crippen LogP) is 2.06. The van der Waals surface area contributed by atoms with Crippen molar-refractivity contribution >= 4 is 27.7 Å². The maximum Gasteiger partial charge on any atom is 0.261 e. The normalized spacial score (nSPS) is 17.3. The number of hydrogen-bond donors (Lipinski definition) is 2. The monoisotopic (exact) mass is 435 g/mol. The molecule has 1 aromatic rings. The molecule has 0 spiro atoms. The van der Waals surface area contributed by atoms with Gasteiger partial charge >= 0.3 is 0 Å². The van der Waals surface area contributed by atoms with Gasteiger partial charge in [0.05, 0.1) is 16.9 Å². The minimum Gasteiger partial charge on any atom is -0.351 e. The van der Waals surface area contributed by atoms with E-state index in [2.05, 4.69) is 10.0 Å². The molecule has 164 valence electrons. The zero-order valence-electron chi connectivity index (χ0n) is 17.3. The van der Waals surface area contributed by atoms with Crippen molar-refractivity contribution in [3.05, 3.63) is 34.9 Å². The van der Waals surface area contributed by atoms with Crippen LogP contribution >= 0.6 is 0 Å². The second-order valence-corrected chi connectivity index (χ2v) is 9.78. The zero-order valence-corrected chi connectivity index (χ0v) is 18.1. The Hall–Kier alpha value is -2.26. The summed E-state index contributed by atoms with van der Waals surface area (Å²) in [7, 11) is -3.33. The van der Waals surface area contributed by atoms with Gasteiger partial charge < -0.3 is 5.32 Å². The molecular formula is C21H29N3O5S. The lowest BCUT2D eigenvalue weighted by molar-refractivity contribution is 0.0548. The van der Waals surface area contributed by atoms with E-state index >= 15 is 0 Å². The summed E-state index contributed by atoms with van der Waals surface area (Å²) in [6.07, 6.45) is 6.16. The topological polar surface area (TPSA) is 113 Å². The molecule has 0 atom stereocenters. The highest BCUT2D eigenvalue weighted by Gasteiger charge is 2.40. The van der Waals surface area contributed by atoms with Gasteiger partial charge in [-0.3, -0.25) is 19.3 Å². The number of unbranched alkanes of at least 4 members (excludes halogenated alkanes) is 1. The Balaban J connectivity index is 1.59. The van der Waals surface area contributed by atoms with Crippen molar-refractivity contribution in [2.45, 2.75) is 57.9 Å². The predicted molar refractivity (Wildman–Crippen MR) is 113 cm³/mol. The number of nitrogens with one attached hydrogen (secondary N) is 2. The average Bonchev–Trinajstić information content (AvgIpc) is 3.00. The number of nitrogens with zero attached hydrogens (tertiary/aromatic N) is 1. The van der Waals surface area contributed by atoms with Crippen LogP contribution in [0, 0.1) is 0 Å². The summed E-state index contributed by atoms with van der Waals surface area (Å²) in [4.78, 5) is 39.3. The number of sulfonamides is 1. The van der Waals surface area contributed by atoms with Crippen LogP contribution in [0.1, 0.15) is 82.9 Å². The largest absolute Gasteiger partial charge is 0.351 e. The van der Waals surface area contributed by atoms with Gasteiger partial charge in [0.15, 0.2) is 0 Å². The van der Waals surface area contributed by atoms with Crippen molar-refractivity contribution in [2.24, 2.45) is 0 Å². The van der Waals surface area contributed by atoms with Crippen LogP contribution in [-0.4, -0.2) is 55.9 Å². The highest BCUT2D eigenvalue weighted by atomic mass is 32.2. The van der Waals surface area contributed by atoms with E-state index in [1.54, 1.807) is 0 Å². The van der Waals surface area contributed by atoms with Crippen LogP contribution < -0.4 is 10.0 Å². The van der Waals surface area contributed by atoms with Crippen molar-refractivity contribution in [3.8, 4) is 0 Å². The van der Waals surface area contributed by atoms with Gasteiger partial charge in [-0.15, -0.1) is 0 Å². The molecule has 0 bridgehead atoms. The number of imide groups is 1. The summed E-state index contributed by atoms with van der Waals surface area (Å²) in [5.74, 6) is -0.965. The standard InChI is InChI=1S/C21H29N3O5S/c1-2-3-13-30(28,29)23-12-11-22-19(25)15-9-10-17-18(14-15)21(27)24(20(17)26)16-7-5-4-6-8-16/h9-10,14,16,23H,2-8,11-13H2,1H3,(H,22,25). The van der Waals surface area contributed by atoms with Gasteiger partial charge in [-0.05, 0) is 37.5 Å². The highest BCUT2D eigenvalue weighted by molar-refractivity contribution is 7.89. The number of fused-ring (bicyclic) bond motifs is 1. The summed E-state index contributed by atoms with van der Waals surface area (Å²) in [5, 5.41) is 2.64. The molecule has 9 heteroatoms. The van der Waals surface area contributed by atoms with Crippen LogP contribution in [-0.2, 0) is 10.0 Å². The lowest BCUT2D eigenvalue weighted by Crippen LogP contribution is -2.40. The van der Waals surface area contributed by atoms with Gasteiger partial charge in [-0.1, -0.05) is 32.6 Å². The quantitative estimate of drug-likeness (QED) is 0.455. The van der Waals surface area contributed by atoms with Gasteiger partial charge in [0, 0.05) is 24.7 Å². The molecule has 2 aliphatic rings. The molecule has 1 aliphatic carbocycles. The fourth-order valence-corrected chi connectivity index (χ4v) is 5.19. The minimum atomic E-state index is -3.33. The van der Waals surface area contributed by atoms with E-state index in [-0.39, 0.29) is 47.8 Å². The third-order valence-corrected chi connectivity index (χ3v) is 7.09. The van der Waals surface area contributed by atoms with Crippen molar-refractivity contribution in [2.75, 3.05) is 18.8 Å². The van der Waals surface area contributed by atoms with E-state index in [0.29, 0.717) is 12.0 Å². The van der Waals surface area contributed by atoms with Crippen LogP contribution in [0.4, 0.5) is 0 Å².